The third-order valence-corrected chi connectivity index (χ3v) is 10.2. The second kappa shape index (κ2) is 13.0. The molecule has 0 spiro atoms. The Balaban J connectivity index is 1.19. The van der Waals surface area contributed by atoms with Crippen LogP contribution in [-0.2, 0) is 0 Å². The molecule has 3 heteroatoms. The molecule has 0 aromatic heterocycles. The number of hydrogen-bond acceptors (Lipinski definition) is 1. The second-order valence-corrected chi connectivity index (χ2v) is 12.2. The molecule has 4 rings (SSSR count). The predicted molar refractivity (Wildman–Crippen MR) is 142 cm³/mol. The van der Waals surface area contributed by atoms with Gasteiger partial charge in [-0.05, 0) is 118 Å². The highest BCUT2D eigenvalue weighted by atomic mass is 35.5. The van der Waals surface area contributed by atoms with Crippen molar-refractivity contribution in [3.8, 4) is 5.75 Å². The Hall–Kier alpha value is -0.760. The molecule has 3 aliphatic rings. The standard InChI is InChI=1S/C31H48ClFO/c1-3-5-6-7-22-8-10-23(11-9-22)24-12-14-25(15-13-24)26-16-18-27(19-17-26)28-20-21-29(34-4-2)31(33)30(28)32/h20-27H,3-19H2,1-2H3. The number of halogens is 2. The van der Waals surface area contributed by atoms with Gasteiger partial charge in [-0.1, -0.05) is 63.1 Å². The van der Waals surface area contributed by atoms with Crippen molar-refractivity contribution in [1.29, 1.82) is 0 Å². The molecule has 0 atom stereocenters. The van der Waals surface area contributed by atoms with Gasteiger partial charge in [-0.15, -0.1) is 0 Å². The molecule has 1 aromatic carbocycles. The molecule has 3 fully saturated rings. The molecule has 34 heavy (non-hydrogen) atoms. The Bertz CT molecular complexity index is 740. The summed E-state index contributed by atoms with van der Waals surface area (Å²) in [5.74, 6) is 5.17. The maximum Gasteiger partial charge on any atom is 0.183 e. The minimum atomic E-state index is -0.378. The topological polar surface area (TPSA) is 9.23 Å². The largest absolute Gasteiger partial charge is 0.491 e. The molecular weight excluding hydrogens is 443 g/mol. The molecule has 0 heterocycles. The summed E-state index contributed by atoms with van der Waals surface area (Å²) in [7, 11) is 0. The summed E-state index contributed by atoms with van der Waals surface area (Å²) in [6.45, 7) is 4.65. The van der Waals surface area contributed by atoms with Crippen LogP contribution in [0.4, 0.5) is 4.39 Å². The molecule has 0 aliphatic heterocycles. The minimum Gasteiger partial charge on any atom is -0.491 e. The Morgan fingerprint density at radius 2 is 1.29 bits per heavy atom. The predicted octanol–water partition coefficient (Wildman–Crippen LogP) is 10.3. The van der Waals surface area contributed by atoms with Crippen molar-refractivity contribution < 1.29 is 9.13 Å². The van der Waals surface area contributed by atoms with Gasteiger partial charge in [0.05, 0.1) is 11.6 Å². The fourth-order valence-electron chi connectivity index (χ4n) is 7.75. The van der Waals surface area contributed by atoms with Crippen LogP contribution in [0.3, 0.4) is 0 Å². The number of rotatable bonds is 9. The van der Waals surface area contributed by atoms with Gasteiger partial charge in [0.15, 0.2) is 11.6 Å². The summed E-state index contributed by atoms with van der Waals surface area (Å²) in [6, 6.07) is 3.78. The highest BCUT2D eigenvalue weighted by Crippen LogP contribution is 2.48. The molecule has 0 amide bonds. The minimum absolute atomic E-state index is 0.284. The van der Waals surface area contributed by atoms with Crippen LogP contribution in [0.1, 0.15) is 128 Å². The maximum absolute atomic E-state index is 14.6. The third kappa shape index (κ3) is 6.51. The SMILES string of the molecule is CCCCCC1CCC(C2CCC(C3CCC(c4ccc(OCC)c(F)c4Cl)CC3)CC2)CC1. The van der Waals surface area contributed by atoms with Crippen molar-refractivity contribution in [3.63, 3.8) is 0 Å². The van der Waals surface area contributed by atoms with Crippen LogP contribution >= 0.6 is 11.6 Å². The van der Waals surface area contributed by atoms with Crippen LogP contribution in [0.5, 0.6) is 5.75 Å². The first-order chi connectivity index (χ1) is 16.6. The smallest absolute Gasteiger partial charge is 0.183 e. The van der Waals surface area contributed by atoms with Crippen LogP contribution in [0, 0.1) is 35.4 Å². The summed E-state index contributed by atoms with van der Waals surface area (Å²) < 4.78 is 20.0. The number of ether oxygens (including phenoxy) is 1. The molecule has 192 valence electrons. The van der Waals surface area contributed by atoms with Crippen LogP contribution < -0.4 is 4.74 Å². The van der Waals surface area contributed by atoms with Crippen molar-refractivity contribution in [3.05, 3.63) is 28.5 Å². The number of benzene rings is 1. The monoisotopic (exact) mass is 490 g/mol. The summed E-state index contributed by atoms with van der Waals surface area (Å²) in [4.78, 5) is 0. The second-order valence-electron chi connectivity index (χ2n) is 11.8. The average molecular weight is 491 g/mol. The molecule has 3 aliphatic carbocycles. The van der Waals surface area contributed by atoms with E-state index in [1.807, 2.05) is 13.0 Å². The molecule has 0 bridgehead atoms. The van der Waals surface area contributed by atoms with Gasteiger partial charge >= 0.3 is 0 Å². The van der Waals surface area contributed by atoms with E-state index in [0.29, 0.717) is 12.5 Å². The van der Waals surface area contributed by atoms with Crippen LogP contribution in [-0.4, -0.2) is 6.61 Å². The van der Waals surface area contributed by atoms with Crippen LogP contribution in [0.25, 0.3) is 0 Å². The molecule has 0 unspecified atom stereocenters. The van der Waals surface area contributed by atoms with Crippen molar-refractivity contribution >= 4 is 11.6 Å². The lowest BCUT2D eigenvalue weighted by Gasteiger charge is -2.41. The average Bonchev–Trinajstić information content (AvgIpc) is 2.88. The van der Waals surface area contributed by atoms with Crippen LogP contribution in [0.2, 0.25) is 5.02 Å². The molecule has 0 saturated heterocycles. The lowest BCUT2D eigenvalue weighted by atomic mass is 9.64. The van der Waals surface area contributed by atoms with E-state index in [2.05, 4.69) is 6.92 Å². The number of hydrogen-bond donors (Lipinski definition) is 0. The molecule has 0 radical (unpaired) electrons. The fraction of sp³-hybridized carbons (Fsp3) is 0.806. The molecule has 3 saturated carbocycles. The zero-order valence-electron chi connectivity index (χ0n) is 21.8. The maximum atomic E-state index is 14.6. The fourth-order valence-corrected chi connectivity index (χ4v) is 8.06. The first-order valence-electron chi connectivity index (χ1n) is 14.7. The van der Waals surface area contributed by atoms with Crippen molar-refractivity contribution in [2.45, 2.75) is 122 Å². The Kier molecular flexibility index (Phi) is 10.0. The lowest BCUT2D eigenvalue weighted by Crippen LogP contribution is -2.29. The summed E-state index contributed by atoms with van der Waals surface area (Å²) in [5, 5.41) is 0.287. The van der Waals surface area contributed by atoms with Gasteiger partial charge in [0.2, 0.25) is 0 Å². The Labute approximate surface area is 213 Å². The summed E-state index contributed by atoms with van der Waals surface area (Å²) in [6.07, 6.45) is 22.5. The van der Waals surface area contributed by atoms with E-state index in [0.717, 1.165) is 48.0 Å². The van der Waals surface area contributed by atoms with Crippen molar-refractivity contribution in [2.75, 3.05) is 6.61 Å². The molecule has 1 nitrogen and oxygen atoms in total. The van der Waals surface area contributed by atoms with Gasteiger partial charge in [0.1, 0.15) is 0 Å². The van der Waals surface area contributed by atoms with Gasteiger partial charge in [-0.3, -0.25) is 0 Å². The normalized spacial score (nSPS) is 32.5. The van der Waals surface area contributed by atoms with E-state index in [1.165, 1.54) is 89.9 Å². The highest BCUT2D eigenvalue weighted by molar-refractivity contribution is 6.31. The third-order valence-electron chi connectivity index (χ3n) is 9.85. The first-order valence-corrected chi connectivity index (χ1v) is 15.1. The van der Waals surface area contributed by atoms with E-state index >= 15 is 0 Å². The van der Waals surface area contributed by atoms with Gasteiger partial charge < -0.3 is 4.74 Å². The molecular formula is C31H48ClFO. The molecule has 0 N–H and O–H groups in total. The van der Waals surface area contributed by atoms with Gasteiger partial charge in [0.25, 0.3) is 0 Å². The van der Waals surface area contributed by atoms with E-state index in [4.69, 9.17) is 16.3 Å². The quantitative estimate of drug-likeness (QED) is 0.313. The van der Waals surface area contributed by atoms with Crippen molar-refractivity contribution in [2.24, 2.45) is 29.6 Å². The highest BCUT2D eigenvalue weighted by Gasteiger charge is 2.35. The number of unbranched alkanes of at least 4 members (excludes halogenated alkanes) is 2. The van der Waals surface area contributed by atoms with E-state index < -0.39 is 0 Å². The van der Waals surface area contributed by atoms with E-state index in [-0.39, 0.29) is 16.6 Å². The Morgan fingerprint density at radius 3 is 1.82 bits per heavy atom. The van der Waals surface area contributed by atoms with Gasteiger partial charge in [-0.2, -0.15) is 0 Å². The van der Waals surface area contributed by atoms with Crippen molar-refractivity contribution in [1.82, 2.24) is 0 Å². The van der Waals surface area contributed by atoms with E-state index in [9.17, 15) is 4.39 Å². The summed E-state index contributed by atoms with van der Waals surface area (Å²) >= 11 is 6.43. The van der Waals surface area contributed by atoms with Gasteiger partial charge in [0, 0.05) is 0 Å². The molecule has 1 aromatic rings. The first kappa shape index (κ1) is 26.3. The van der Waals surface area contributed by atoms with E-state index in [1.54, 1.807) is 6.07 Å². The lowest BCUT2D eigenvalue weighted by molar-refractivity contribution is 0.108. The zero-order chi connectivity index (χ0) is 23.9. The summed E-state index contributed by atoms with van der Waals surface area (Å²) in [5.41, 5.74) is 0.995. The zero-order valence-corrected chi connectivity index (χ0v) is 22.6. The Morgan fingerprint density at radius 1 is 0.765 bits per heavy atom. The van der Waals surface area contributed by atoms with Crippen LogP contribution in [0.15, 0.2) is 12.1 Å². The van der Waals surface area contributed by atoms with Gasteiger partial charge in [-0.25, -0.2) is 4.39 Å².